The summed E-state index contributed by atoms with van der Waals surface area (Å²) in [6, 6.07) is 16.4. The fourth-order valence-corrected chi connectivity index (χ4v) is 3.33. The summed E-state index contributed by atoms with van der Waals surface area (Å²) in [4.78, 5) is 25.6. The van der Waals surface area contributed by atoms with E-state index < -0.39 is 6.04 Å². The van der Waals surface area contributed by atoms with Gasteiger partial charge in [0, 0.05) is 12.0 Å². The average molecular weight is 350 g/mol. The van der Waals surface area contributed by atoms with Crippen molar-refractivity contribution in [3.8, 4) is 6.07 Å². The van der Waals surface area contributed by atoms with Crippen LogP contribution in [0.3, 0.4) is 0 Å². The van der Waals surface area contributed by atoms with Crippen LogP contribution >= 0.6 is 0 Å². The van der Waals surface area contributed by atoms with E-state index in [0.29, 0.717) is 24.2 Å². The molecule has 2 atom stereocenters. The van der Waals surface area contributed by atoms with Crippen molar-refractivity contribution in [3.63, 3.8) is 0 Å². The normalized spacial score (nSPS) is 18.3. The van der Waals surface area contributed by atoms with Crippen molar-refractivity contribution in [3.05, 3.63) is 65.2 Å². The molecule has 1 aliphatic heterocycles. The van der Waals surface area contributed by atoms with Crippen LogP contribution in [0.25, 0.3) is 0 Å². The number of amides is 1. The van der Waals surface area contributed by atoms with Gasteiger partial charge in [-0.05, 0) is 17.7 Å². The number of ether oxygens (including phenoxy) is 1. The summed E-state index contributed by atoms with van der Waals surface area (Å²) in [5.41, 5.74) is 3.13. The zero-order valence-corrected chi connectivity index (χ0v) is 14.5. The molecule has 2 aromatic carbocycles. The highest BCUT2D eigenvalue weighted by Crippen LogP contribution is 2.15. The number of hydrogen-bond acceptors (Lipinski definition) is 4. The van der Waals surface area contributed by atoms with E-state index in [1.165, 1.54) is 7.11 Å². The van der Waals surface area contributed by atoms with Crippen molar-refractivity contribution in [1.29, 1.82) is 5.26 Å². The molecular formula is C20H20N3O3+. The van der Waals surface area contributed by atoms with Crippen LogP contribution in [0.5, 0.6) is 0 Å². The molecule has 1 heterocycles. The Hall–Kier alpha value is -3.17. The molecule has 6 heteroatoms. The molecule has 0 saturated heterocycles. The first-order chi connectivity index (χ1) is 12.6. The largest absolute Gasteiger partial charge is 0.465 e. The van der Waals surface area contributed by atoms with E-state index >= 15 is 0 Å². The SMILES string of the molecule is COC(=O)[C@H]1Cc2ccccc2C[NH+]1CC(=O)Nc1ccccc1C#N. The summed E-state index contributed by atoms with van der Waals surface area (Å²) in [7, 11) is 1.36. The molecule has 132 valence electrons. The Morgan fingerprint density at radius 3 is 2.62 bits per heavy atom. The number of methoxy groups -OCH3 is 1. The Labute approximate surface area is 152 Å². The number of rotatable bonds is 4. The van der Waals surface area contributed by atoms with Crippen LogP contribution in [0.15, 0.2) is 48.5 Å². The number of hydrogen-bond donors (Lipinski definition) is 2. The van der Waals surface area contributed by atoms with Gasteiger partial charge in [-0.3, -0.25) is 4.79 Å². The molecule has 0 radical (unpaired) electrons. The molecule has 0 bridgehead atoms. The summed E-state index contributed by atoms with van der Waals surface area (Å²) in [5.74, 6) is -0.560. The van der Waals surface area contributed by atoms with E-state index in [1.54, 1.807) is 24.3 Å². The smallest absolute Gasteiger partial charge is 0.365 e. The van der Waals surface area contributed by atoms with Crippen molar-refractivity contribution in [2.24, 2.45) is 0 Å². The van der Waals surface area contributed by atoms with Crippen LogP contribution in [0.2, 0.25) is 0 Å². The van der Waals surface area contributed by atoms with Crippen molar-refractivity contribution >= 4 is 17.6 Å². The Kier molecular flexibility index (Phi) is 5.30. The predicted octanol–water partition coefficient (Wildman–Crippen LogP) is 0.680. The highest BCUT2D eigenvalue weighted by Gasteiger charge is 2.37. The lowest BCUT2D eigenvalue weighted by atomic mass is 9.94. The molecule has 2 N–H and O–H groups in total. The van der Waals surface area contributed by atoms with Gasteiger partial charge < -0.3 is 15.0 Å². The molecule has 1 unspecified atom stereocenters. The standard InChI is InChI=1S/C20H19N3O3/c1-26-20(25)18-10-14-6-2-3-8-16(14)12-23(18)13-19(24)22-17-9-5-4-7-15(17)11-21/h2-9,18H,10,12-13H2,1H3,(H,22,24)/p+1/t18-/m1/s1. The fourth-order valence-electron chi connectivity index (χ4n) is 3.33. The van der Waals surface area contributed by atoms with Gasteiger partial charge in [0.2, 0.25) is 0 Å². The number of para-hydroxylation sites is 1. The molecule has 6 nitrogen and oxygen atoms in total. The second kappa shape index (κ2) is 7.81. The van der Waals surface area contributed by atoms with Crippen LogP contribution in [0.4, 0.5) is 5.69 Å². The number of nitrogens with zero attached hydrogens (tertiary/aromatic N) is 1. The van der Waals surface area contributed by atoms with Crippen LogP contribution < -0.4 is 10.2 Å². The number of esters is 1. The molecule has 0 fully saturated rings. The summed E-state index contributed by atoms with van der Waals surface area (Å²) in [6.07, 6.45) is 0.542. The maximum absolute atomic E-state index is 12.5. The minimum atomic E-state index is -0.424. The van der Waals surface area contributed by atoms with Gasteiger partial charge in [-0.15, -0.1) is 0 Å². The van der Waals surface area contributed by atoms with Crippen LogP contribution in [0.1, 0.15) is 16.7 Å². The van der Waals surface area contributed by atoms with Gasteiger partial charge >= 0.3 is 5.97 Å². The lowest BCUT2D eigenvalue weighted by molar-refractivity contribution is -0.924. The van der Waals surface area contributed by atoms with Crippen LogP contribution in [-0.2, 0) is 27.3 Å². The van der Waals surface area contributed by atoms with Gasteiger partial charge in [0.05, 0.1) is 18.4 Å². The van der Waals surface area contributed by atoms with E-state index in [1.807, 2.05) is 24.3 Å². The number of anilines is 1. The first kappa shape index (κ1) is 17.6. The average Bonchev–Trinajstić information content (AvgIpc) is 2.67. The molecule has 26 heavy (non-hydrogen) atoms. The Bertz CT molecular complexity index is 873. The Morgan fingerprint density at radius 1 is 1.19 bits per heavy atom. The Morgan fingerprint density at radius 2 is 1.88 bits per heavy atom. The van der Waals surface area contributed by atoms with E-state index in [-0.39, 0.29) is 18.4 Å². The van der Waals surface area contributed by atoms with E-state index in [9.17, 15) is 9.59 Å². The van der Waals surface area contributed by atoms with Crippen LogP contribution in [0, 0.1) is 11.3 Å². The van der Waals surface area contributed by atoms with Crippen molar-refractivity contribution in [2.75, 3.05) is 19.0 Å². The van der Waals surface area contributed by atoms with Gasteiger partial charge in [-0.1, -0.05) is 36.4 Å². The first-order valence-electron chi connectivity index (χ1n) is 8.40. The van der Waals surface area contributed by atoms with Gasteiger partial charge in [0.25, 0.3) is 5.91 Å². The highest BCUT2D eigenvalue weighted by molar-refractivity contribution is 5.93. The number of quaternary nitrogens is 1. The van der Waals surface area contributed by atoms with E-state index in [2.05, 4.69) is 11.4 Å². The van der Waals surface area contributed by atoms with E-state index in [4.69, 9.17) is 10.00 Å². The zero-order valence-electron chi connectivity index (χ0n) is 14.5. The highest BCUT2D eigenvalue weighted by atomic mass is 16.5. The maximum atomic E-state index is 12.5. The van der Waals surface area contributed by atoms with Gasteiger partial charge in [0.15, 0.2) is 12.6 Å². The lowest BCUT2D eigenvalue weighted by Crippen LogP contribution is -3.17. The second-order valence-electron chi connectivity index (χ2n) is 6.27. The molecule has 1 aliphatic rings. The monoisotopic (exact) mass is 350 g/mol. The van der Waals surface area contributed by atoms with Crippen molar-refractivity contribution < 1.29 is 19.2 Å². The van der Waals surface area contributed by atoms with Crippen molar-refractivity contribution in [1.82, 2.24) is 0 Å². The molecule has 0 saturated carbocycles. The summed E-state index contributed by atoms with van der Waals surface area (Å²) in [5, 5.41) is 11.9. The van der Waals surface area contributed by atoms with Crippen LogP contribution in [-0.4, -0.2) is 31.6 Å². The molecule has 0 spiro atoms. The van der Waals surface area contributed by atoms with E-state index in [0.717, 1.165) is 16.0 Å². The number of benzene rings is 2. The lowest BCUT2D eigenvalue weighted by Gasteiger charge is -2.31. The van der Waals surface area contributed by atoms with Gasteiger partial charge in [0.1, 0.15) is 12.6 Å². The molecule has 0 aromatic heterocycles. The minimum Gasteiger partial charge on any atom is -0.465 e. The summed E-state index contributed by atoms with van der Waals surface area (Å²) in [6.45, 7) is 0.692. The number of nitrogens with one attached hydrogen (secondary N) is 2. The third-order valence-corrected chi connectivity index (χ3v) is 4.65. The predicted molar refractivity (Wildman–Crippen MR) is 95.3 cm³/mol. The molecule has 1 amide bonds. The summed E-state index contributed by atoms with van der Waals surface area (Å²) < 4.78 is 4.94. The second-order valence-corrected chi connectivity index (χ2v) is 6.27. The molecule has 3 rings (SSSR count). The third-order valence-electron chi connectivity index (χ3n) is 4.65. The summed E-state index contributed by atoms with van der Waals surface area (Å²) >= 11 is 0. The topological polar surface area (TPSA) is 83.6 Å². The Balaban J connectivity index is 1.77. The fraction of sp³-hybridized carbons (Fsp3) is 0.250. The number of carbonyl (C=O) groups excluding carboxylic acids is 2. The van der Waals surface area contributed by atoms with Gasteiger partial charge in [-0.25, -0.2) is 4.79 Å². The van der Waals surface area contributed by atoms with Gasteiger partial charge in [-0.2, -0.15) is 5.26 Å². The number of carbonyl (C=O) groups is 2. The number of fused-ring (bicyclic) bond motifs is 1. The number of nitriles is 1. The quantitative estimate of drug-likeness (QED) is 0.795. The third kappa shape index (κ3) is 3.73. The molecule has 2 aromatic rings. The maximum Gasteiger partial charge on any atom is 0.365 e. The van der Waals surface area contributed by atoms with Crippen molar-refractivity contribution in [2.45, 2.75) is 19.0 Å². The first-order valence-corrected chi connectivity index (χ1v) is 8.40. The molecule has 0 aliphatic carbocycles. The minimum absolute atomic E-state index is 0.119. The molecular weight excluding hydrogens is 330 g/mol. The zero-order chi connectivity index (χ0) is 18.5.